The highest BCUT2D eigenvalue weighted by Gasteiger charge is 2.32. The van der Waals surface area contributed by atoms with Crippen LogP contribution in [0, 0.1) is 5.82 Å². The minimum Gasteiger partial charge on any atom is -0.386 e. The molecular formula is C18H18FNO2. The molecule has 0 saturated carbocycles. The first-order valence-electron chi connectivity index (χ1n) is 7.38. The molecule has 22 heavy (non-hydrogen) atoms. The minimum absolute atomic E-state index is 0.163. The van der Waals surface area contributed by atoms with E-state index in [2.05, 4.69) is 5.32 Å². The normalized spacial score (nSPS) is 21.2. The molecule has 1 amide bonds. The molecule has 3 nitrogen and oxygen atoms in total. The lowest BCUT2D eigenvalue weighted by Gasteiger charge is -2.20. The molecule has 0 aliphatic heterocycles. The zero-order chi connectivity index (χ0) is 15.7. The molecule has 3 atom stereocenters. The lowest BCUT2D eigenvalue weighted by atomic mass is 9.99. The van der Waals surface area contributed by atoms with E-state index in [4.69, 9.17) is 0 Å². The summed E-state index contributed by atoms with van der Waals surface area (Å²) in [7, 11) is 0. The van der Waals surface area contributed by atoms with Crippen LogP contribution in [-0.4, -0.2) is 17.1 Å². The maximum atomic E-state index is 12.9. The Hall–Kier alpha value is -2.20. The Kier molecular flexibility index (Phi) is 3.94. The van der Waals surface area contributed by atoms with Gasteiger partial charge in [-0.05, 0) is 42.2 Å². The van der Waals surface area contributed by atoms with E-state index in [1.807, 2.05) is 24.3 Å². The molecule has 0 heterocycles. The van der Waals surface area contributed by atoms with Crippen molar-refractivity contribution in [1.29, 1.82) is 0 Å². The van der Waals surface area contributed by atoms with Crippen molar-refractivity contribution in [2.75, 3.05) is 0 Å². The van der Waals surface area contributed by atoms with E-state index >= 15 is 0 Å². The molecule has 3 rings (SSSR count). The third kappa shape index (κ3) is 2.74. The molecule has 2 aromatic carbocycles. The summed E-state index contributed by atoms with van der Waals surface area (Å²) >= 11 is 0. The smallest absolute Gasteiger partial charge is 0.227 e. The zero-order valence-electron chi connectivity index (χ0n) is 12.3. The predicted molar refractivity (Wildman–Crippen MR) is 81.9 cm³/mol. The lowest BCUT2D eigenvalue weighted by Crippen LogP contribution is -2.40. The average Bonchev–Trinajstić information content (AvgIpc) is 2.84. The topological polar surface area (TPSA) is 49.3 Å². The molecule has 0 radical (unpaired) electrons. The number of carbonyl (C=O) groups excluding carboxylic acids is 1. The van der Waals surface area contributed by atoms with Crippen molar-refractivity contribution in [3.8, 4) is 0 Å². The Bertz CT molecular complexity index is 684. The largest absolute Gasteiger partial charge is 0.386 e. The van der Waals surface area contributed by atoms with E-state index < -0.39 is 12.0 Å². The van der Waals surface area contributed by atoms with Crippen LogP contribution in [0.25, 0.3) is 0 Å². The van der Waals surface area contributed by atoms with Gasteiger partial charge in [0.1, 0.15) is 5.82 Å². The Morgan fingerprint density at radius 2 is 1.91 bits per heavy atom. The summed E-state index contributed by atoms with van der Waals surface area (Å²) < 4.78 is 12.9. The SMILES string of the molecule is C[C@H](C(=O)N[C@H]1Cc2ccccc2[C@@H]1O)c1ccc(F)cc1. The van der Waals surface area contributed by atoms with E-state index in [-0.39, 0.29) is 17.8 Å². The molecule has 0 aromatic heterocycles. The molecule has 2 aromatic rings. The number of fused-ring (bicyclic) bond motifs is 1. The molecule has 0 bridgehead atoms. The van der Waals surface area contributed by atoms with E-state index in [0.717, 1.165) is 16.7 Å². The van der Waals surface area contributed by atoms with Gasteiger partial charge < -0.3 is 10.4 Å². The van der Waals surface area contributed by atoms with Gasteiger partial charge >= 0.3 is 0 Å². The molecule has 1 aliphatic carbocycles. The molecule has 0 fully saturated rings. The van der Waals surface area contributed by atoms with Crippen LogP contribution in [0.4, 0.5) is 4.39 Å². The molecule has 0 unspecified atom stereocenters. The summed E-state index contributed by atoms with van der Waals surface area (Å²) in [6, 6.07) is 13.3. The number of nitrogens with one attached hydrogen (secondary N) is 1. The number of benzene rings is 2. The third-order valence-corrected chi connectivity index (χ3v) is 4.29. The van der Waals surface area contributed by atoms with Crippen LogP contribution >= 0.6 is 0 Å². The number of hydrogen-bond acceptors (Lipinski definition) is 2. The van der Waals surface area contributed by atoms with Gasteiger partial charge in [-0.25, -0.2) is 4.39 Å². The predicted octanol–water partition coefficient (Wildman–Crippen LogP) is 2.70. The third-order valence-electron chi connectivity index (χ3n) is 4.29. The highest BCUT2D eigenvalue weighted by Crippen LogP contribution is 2.31. The standard InChI is InChI=1S/C18H18FNO2/c1-11(12-6-8-14(19)9-7-12)18(22)20-16-10-13-4-2-3-5-15(13)17(16)21/h2-9,11,16-17,21H,10H2,1H3,(H,20,22)/t11-,16-,17-/m0/s1. The van der Waals surface area contributed by atoms with Crippen molar-refractivity contribution in [3.05, 3.63) is 71.0 Å². The number of hydrogen-bond donors (Lipinski definition) is 2. The second-order valence-corrected chi connectivity index (χ2v) is 5.74. The summed E-state index contributed by atoms with van der Waals surface area (Å²) in [6.45, 7) is 1.77. The summed E-state index contributed by atoms with van der Waals surface area (Å²) in [5, 5.41) is 13.2. The zero-order valence-corrected chi connectivity index (χ0v) is 12.3. The van der Waals surface area contributed by atoms with Crippen LogP contribution < -0.4 is 5.32 Å². The van der Waals surface area contributed by atoms with Crippen molar-refractivity contribution in [1.82, 2.24) is 5.32 Å². The van der Waals surface area contributed by atoms with E-state index in [9.17, 15) is 14.3 Å². The van der Waals surface area contributed by atoms with Crippen molar-refractivity contribution < 1.29 is 14.3 Å². The maximum absolute atomic E-state index is 12.9. The quantitative estimate of drug-likeness (QED) is 0.915. The molecule has 2 N–H and O–H groups in total. The van der Waals surface area contributed by atoms with Gasteiger partial charge in [0.05, 0.1) is 18.1 Å². The summed E-state index contributed by atoms with van der Waals surface area (Å²) in [5.41, 5.74) is 2.70. The van der Waals surface area contributed by atoms with Gasteiger partial charge in [0, 0.05) is 0 Å². The molecule has 114 valence electrons. The van der Waals surface area contributed by atoms with Gasteiger partial charge in [0.15, 0.2) is 0 Å². The van der Waals surface area contributed by atoms with Crippen molar-refractivity contribution in [2.24, 2.45) is 0 Å². The summed E-state index contributed by atoms with van der Waals surface area (Å²) in [6.07, 6.45) is -0.0558. The van der Waals surface area contributed by atoms with Crippen molar-refractivity contribution in [3.63, 3.8) is 0 Å². The van der Waals surface area contributed by atoms with Crippen LogP contribution in [0.2, 0.25) is 0 Å². The average molecular weight is 299 g/mol. The fraction of sp³-hybridized carbons (Fsp3) is 0.278. The maximum Gasteiger partial charge on any atom is 0.227 e. The number of amides is 1. The van der Waals surface area contributed by atoms with Crippen LogP contribution in [0.3, 0.4) is 0 Å². The van der Waals surface area contributed by atoms with Crippen LogP contribution in [0.1, 0.15) is 35.6 Å². The molecular weight excluding hydrogens is 281 g/mol. The van der Waals surface area contributed by atoms with Crippen molar-refractivity contribution >= 4 is 5.91 Å². The number of aliphatic hydroxyl groups excluding tert-OH is 1. The van der Waals surface area contributed by atoms with Gasteiger partial charge in [-0.15, -0.1) is 0 Å². The van der Waals surface area contributed by atoms with Crippen molar-refractivity contribution in [2.45, 2.75) is 31.4 Å². The van der Waals surface area contributed by atoms with E-state index in [0.29, 0.717) is 6.42 Å². The first-order chi connectivity index (χ1) is 10.6. The fourth-order valence-electron chi connectivity index (χ4n) is 2.91. The van der Waals surface area contributed by atoms with Gasteiger partial charge in [-0.3, -0.25) is 4.79 Å². The number of carbonyl (C=O) groups is 1. The van der Waals surface area contributed by atoms with Gasteiger partial charge in [-0.1, -0.05) is 36.4 Å². The molecule has 0 saturated heterocycles. The highest BCUT2D eigenvalue weighted by atomic mass is 19.1. The van der Waals surface area contributed by atoms with Gasteiger partial charge in [-0.2, -0.15) is 0 Å². The molecule has 1 aliphatic rings. The Morgan fingerprint density at radius 3 is 2.59 bits per heavy atom. The molecule has 4 heteroatoms. The number of rotatable bonds is 3. The number of aliphatic hydroxyl groups is 1. The van der Waals surface area contributed by atoms with Crippen LogP contribution in [0.5, 0.6) is 0 Å². The van der Waals surface area contributed by atoms with Gasteiger partial charge in [0.25, 0.3) is 0 Å². The second kappa shape index (κ2) is 5.89. The monoisotopic (exact) mass is 299 g/mol. The van der Waals surface area contributed by atoms with E-state index in [1.54, 1.807) is 19.1 Å². The Balaban J connectivity index is 1.69. The Morgan fingerprint density at radius 1 is 1.23 bits per heavy atom. The second-order valence-electron chi connectivity index (χ2n) is 5.74. The first-order valence-corrected chi connectivity index (χ1v) is 7.38. The highest BCUT2D eigenvalue weighted by molar-refractivity contribution is 5.83. The molecule has 0 spiro atoms. The fourth-order valence-corrected chi connectivity index (χ4v) is 2.91. The lowest BCUT2D eigenvalue weighted by molar-refractivity contribution is -0.123. The summed E-state index contributed by atoms with van der Waals surface area (Å²) in [4.78, 5) is 12.4. The first kappa shape index (κ1) is 14.7. The van der Waals surface area contributed by atoms with Crippen LogP contribution in [-0.2, 0) is 11.2 Å². The van der Waals surface area contributed by atoms with Gasteiger partial charge in [0.2, 0.25) is 5.91 Å². The van der Waals surface area contributed by atoms with E-state index in [1.165, 1.54) is 12.1 Å². The number of halogens is 1. The van der Waals surface area contributed by atoms with Crippen LogP contribution in [0.15, 0.2) is 48.5 Å². The summed E-state index contributed by atoms with van der Waals surface area (Å²) in [5.74, 6) is -0.877. The Labute approximate surface area is 128 Å². The minimum atomic E-state index is -0.680.